The number of nitrogens with two attached hydrogens (primary N) is 2. The van der Waals surface area contributed by atoms with Crippen LogP contribution in [-0.2, 0) is 20.2 Å². The van der Waals surface area contributed by atoms with Crippen molar-refractivity contribution in [1.82, 2.24) is 20.6 Å². The number of rotatable bonds is 4. The number of benzene rings is 2. The van der Waals surface area contributed by atoms with E-state index in [1.54, 1.807) is 6.07 Å². The second kappa shape index (κ2) is 10.1. The lowest BCUT2D eigenvalue weighted by Crippen LogP contribution is -2.13. The number of H-pyrrole nitrogens is 1. The van der Waals surface area contributed by atoms with Crippen LogP contribution in [0.5, 0.6) is 0 Å². The van der Waals surface area contributed by atoms with Crippen LogP contribution in [0.25, 0.3) is 9.81 Å². The maximum atomic E-state index is 11.9. The second-order valence-corrected chi connectivity index (χ2v) is 8.06. The molecule has 0 aliphatic rings. The molecule has 0 saturated heterocycles. The number of tetrazole rings is 1. The zero-order valence-electron chi connectivity index (χ0n) is 14.9. The van der Waals surface area contributed by atoms with E-state index in [4.69, 9.17) is 11.5 Å². The minimum atomic E-state index is -5.08. The summed E-state index contributed by atoms with van der Waals surface area (Å²) in [6.07, 6.45) is 1.40. The Morgan fingerprint density at radius 3 is 1.90 bits per heavy atom. The Hall–Kier alpha value is -3.04. The Balaban J connectivity index is 0.000000655. The van der Waals surface area contributed by atoms with Crippen LogP contribution >= 0.6 is 12.4 Å². The Morgan fingerprint density at radius 2 is 1.47 bits per heavy atom. The molecular weight excluding hydrogens is 460 g/mol. The van der Waals surface area contributed by atoms with Crippen molar-refractivity contribution >= 4 is 53.8 Å². The van der Waals surface area contributed by atoms with E-state index in [9.17, 15) is 25.9 Å². The smallest absolute Gasteiger partial charge is 0.296 e. The second-order valence-electron chi connectivity index (χ2n) is 5.35. The van der Waals surface area contributed by atoms with Gasteiger partial charge in [-0.25, -0.2) is 5.10 Å². The third kappa shape index (κ3) is 6.23. The van der Waals surface area contributed by atoms with E-state index in [0.29, 0.717) is 0 Å². The molecule has 0 aliphatic heterocycles. The molecule has 0 bridgehead atoms. The van der Waals surface area contributed by atoms with Crippen molar-refractivity contribution in [1.29, 1.82) is 0 Å². The van der Waals surface area contributed by atoms with Gasteiger partial charge in [0, 0.05) is 5.56 Å². The zero-order chi connectivity index (χ0) is 21.7. The van der Waals surface area contributed by atoms with Gasteiger partial charge in [0.25, 0.3) is 20.2 Å². The summed E-state index contributed by atoms with van der Waals surface area (Å²) in [6.45, 7) is 0. The third-order valence-corrected chi connectivity index (χ3v) is 5.44. The van der Waals surface area contributed by atoms with Crippen LogP contribution in [0.4, 0.5) is 11.4 Å². The Morgan fingerprint density at radius 1 is 0.867 bits per heavy atom. The first-order valence-corrected chi connectivity index (χ1v) is 10.5. The molecule has 0 spiro atoms. The molecule has 0 saturated carbocycles. The summed E-state index contributed by atoms with van der Waals surface area (Å²) < 4.78 is 66.6. The average molecular weight is 477 g/mol. The van der Waals surface area contributed by atoms with E-state index in [-0.39, 0.29) is 34.9 Å². The highest BCUT2D eigenvalue weighted by molar-refractivity contribution is 8.01. The minimum absolute atomic E-state index is 0. The molecule has 30 heavy (non-hydrogen) atoms. The maximum Gasteiger partial charge on any atom is 0.296 e. The largest absolute Gasteiger partial charge is 0.397 e. The number of aromatic nitrogens is 4. The van der Waals surface area contributed by atoms with Gasteiger partial charge in [0.1, 0.15) is 16.1 Å². The van der Waals surface area contributed by atoms with Gasteiger partial charge >= 0.3 is 0 Å². The molecular formula is C15H17ClN6O6S2. The normalized spacial score (nSPS) is 12.1. The molecule has 0 amide bonds. The first-order valence-electron chi connectivity index (χ1n) is 7.59. The summed E-state index contributed by atoms with van der Waals surface area (Å²) in [7, 11) is -10.1. The monoisotopic (exact) mass is 476 g/mol. The van der Waals surface area contributed by atoms with Gasteiger partial charge in [-0.05, 0) is 22.1 Å². The fourth-order valence-electron chi connectivity index (χ4n) is 2.28. The van der Waals surface area contributed by atoms with Crippen LogP contribution in [0.1, 0.15) is 11.1 Å². The summed E-state index contributed by atoms with van der Waals surface area (Å²) in [6, 6.07) is 10.8. The van der Waals surface area contributed by atoms with Crippen molar-refractivity contribution in [2.24, 2.45) is 0 Å². The van der Waals surface area contributed by atoms with Crippen LogP contribution in [0, 0.1) is 0 Å². The molecule has 3 aromatic rings. The Bertz CT molecular complexity index is 1200. The van der Waals surface area contributed by atoms with Gasteiger partial charge in [-0.1, -0.05) is 42.5 Å². The molecule has 1 aromatic heterocycles. The number of para-hydroxylation sites is 1. The number of hydrogen-bond acceptors (Lipinski definition) is 9. The average Bonchev–Trinajstić information content (AvgIpc) is 3.21. The number of nitrogens with zero attached hydrogens (tertiary/aromatic N) is 3. The molecule has 0 atom stereocenters. The van der Waals surface area contributed by atoms with Crippen molar-refractivity contribution in [3.05, 3.63) is 66.0 Å². The summed E-state index contributed by atoms with van der Waals surface area (Å²) in [5, 5.41) is 12.1. The standard InChI is InChI=1S/C14H14N2O6S2.CH2N4.ClH/c15-11-8-4-7-10(12(11)16)14(24(20,21)22)13(23(17,18)19)9-5-2-1-3-6-9;1-2-4-5-3-1;/h1-8H,15-16H2,(H,17,18,19)(H,20,21,22);1H,(H,2,3,4,5);1H. The van der Waals surface area contributed by atoms with E-state index in [1.807, 2.05) is 0 Å². The van der Waals surface area contributed by atoms with E-state index in [1.165, 1.54) is 48.8 Å². The van der Waals surface area contributed by atoms with Crippen LogP contribution in [0.2, 0.25) is 0 Å². The number of hydrogen-bond donors (Lipinski definition) is 5. The first-order chi connectivity index (χ1) is 13.5. The Labute approximate surface area is 177 Å². The molecule has 0 radical (unpaired) electrons. The number of aromatic amines is 1. The maximum absolute atomic E-state index is 11.9. The molecule has 0 aliphatic carbocycles. The predicted octanol–water partition coefficient (Wildman–Crippen LogP) is 1.07. The first kappa shape index (κ1) is 25.0. The van der Waals surface area contributed by atoms with Crippen LogP contribution in [0.3, 0.4) is 0 Å². The van der Waals surface area contributed by atoms with Crippen molar-refractivity contribution in [2.75, 3.05) is 11.5 Å². The highest BCUT2D eigenvalue weighted by atomic mass is 35.5. The minimum Gasteiger partial charge on any atom is -0.397 e. The fourth-order valence-corrected chi connectivity index (χ4v) is 4.49. The van der Waals surface area contributed by atoms with E-state index >= 15 is 0 Å². The third-order valence-electron chi connectivity index (χ3n) is 3.41. The zero-order valence-corrected chi connectivity index (χ0v) is 17.4. The summed E-state index contributed by atoms with van der Waals surface area (Å²) >= 11 is 0. The number of anilines is 2. The van der Waals surface area contributed by atoms with Crippen LogP contribution in [0.15, 0.2) is 54.9 Å². The highest BCUT2D eigenvalue weighted by Gasteiger charge is 2.31. The fraction of sp³-hybridized carbons (Fsp3) is 0. The van der Waals surface area contributed by atoms with Crippen molar-refractivity contribution in [3.8, 4) is 0 Å². The van der Waals surface area contributed by atoms with Crippen molar-refractivity contribution in [2.45, 2.75) is 0 Å². The van der Waals surface area contributed by atoms with Crippen LogP contribution < -0.4 is 11.5 Å². The quantitative estimate of drug-likeness (QED) is 0.204. The van der Waals surface area contributed by atoms with Gasteiger partial charge in [-0.15, -0.1) is 17.5 Å². The van der Waals surface area contributed by atoms with Gasteiger partial charge in [0.15, 0.2) is 0 Å². The van der Waals surface area contributed by atoms with E-state index in [0.717, 1.165) is 0 Å². The molecule has 1 heterocycles. The van der Waals surface area contributed by atoms with Gasteiger partial charge in [-0.2, -0.15) is 16.8 Å². The summed E-state index contributed by atoms with van der Waals surface area (Å²) in [4.78, 5) is -2.05. The lowest BCUT2D eigenvalue weighted by molar-refractivity contribution is 0.491. The SMILES string of the molecule is Cl.Nc1cccc(C(=C(c2ccccc2)S(=O)(=O)O)S(=O)(=O)O)c1N.c1nnn[nH]1. The molecule has 2 aromatic carbocycles. The molecule has 15 heteroatoms. The van der Waals surface area contributed by atoms with Crippen LogP contribution in [-0.4, -0.2) is 46.6 Å². The summed E-state index contributed by atoms with van der Waals surface area (Å²) in [5.41, 5.74) is 10.6. The van der Waals surface area contributed by atoms with Gasteiger partial charge in [-0.3, -0.25) is 9.11 Å². The molecule has 3 rings (SSSR count). The summed E-state index contributed by atoms with van der Waals surface area (Å²) in [5.74, 6) is 0. The van der Waals surface area contributed by atoms with E-state index in [2.05, 4.69) is 20.6 Å². The number of nitrogen functional groups attached to an aromatic ring is 2. The molecule has 0 fully saturated rings. The van der Waals surface area contributed by atoms with Gasteiger partial charge < -0.3 is 11.5 Å². The highest BCUT2D eigenvalue weighted by Crippen LogP contribution is 2.37. The Kier molecular flexibility index (Phi) is 8.44. The lowest BCUT2D eigenvalue weighted by atomic mass is 10.1. The molecule has 7 N–H and O–H groups in total. The van der Waals surface area contributed by atoms with Crippen molar-refractivity contribution in [3.63, 3.8) is 0 Å². The number of halogens is 1. The number of nitrogens with one attached hydrogen (secondary N) is 1. The van der Waals surface area contributed by atoms with E-state index < -0.39 is 30.0 Å². The van der Waals surface area contributed by atoms with Gasteiger partial charge in [0.2, 0.25) is 0 Å². The molecule has 12 nitrogen and oxygen atoms in total. The van der Waals surface area contributed by atoms with Crippen molar-refractivity contribution < 1.29 is 25.9 Å². The molecule has 0 unspecified atom stereocenters. The topological polar surface area (TPSA) is 215 Å². The van der Waals surface area contributed by atoms with Gasteiger partial charge in [0.05, 0.1) is 11.4 Å². The lowest BCUT2D eigenvalue weighted by Gasteiger charge is -2.14. The predicted molar refractivity (Wildman–Crippen MR) is 113 cm³/mol. The molecule has 162 valence electrons.